The van der Waals surface area contributed by atoms with Crippen molar-refractivity contribution in [1.82, 2.24) is 4.90 Å². The van der Waals surface area contributed by atoms with Crippen LogP contribution in [0.5, 0.6) is 0 Å². The molecule has 5 heteroatoms. The van der Waals surface area contributed by atoms with Gasteiger partial charge in [-0.25, -0.2) is 0 Å². The van der Waals surface area contributed by atoms with E-state index in [1.165, 1.54) is 6.42 Å². The smallest absolute Gasteiger partial charge is 0.293 e. The normalized spacial score (nSPS) is 15.4. The van der Waals surface area contributed by atoms with Crippen molar-refractivity contribution in [3.05, 3.63) is 23.3 Å². The lowest BCUT2D eigenvalue weighted by atomic mass is 9.73. The molecule has 1 aliphatic heterocycles. The van der Waals surface area contributed by atoms with Gasteiger partial charge in [-0.2, -0.15) is 0 Å². The predicted octanol–water partition coefficient (Wildman–Crippen LogP) is 7.80. The average molecular weight is 462 g/mol. The third-order valence-corrected chi connectivity index (χ3v) is 4.30. The molecule has 0 unspecified atom stereocenters. The number of piperidine rings is 1. The summed E-state index contributed by atoms with van der Waals surface area (Å²) in [7, 11) is 2.13. The molecular weight excluding hydrogens is 410 g/mol. The molecular formula is C26H52ClNO3. The van der Waals surface area contributed by atoms with E-state index in [2.05, 4.69) is 36.6 Å². The zero-order valence-corrected chi connectivity index (χ0v) is 23.1. The van der Waals surface area contributed by atoms with Gasteiger partial charge in [-0.1, -0.05) is 71.7 Å². The maximum Gasteiger partial charge on any atom is 0.293 e. The highest BCUT2D eigenvalue weighted by atomic mass is 35.5. The molecule has 1 aliphatic rings. The minimum Gasteiger partial charge on any atom is -0.462 e. The summed E-state index contributed by atoms with van der Waals surface area (Å²) in [6.45, 7) is 22.3. The Bertz CT molecular complexity index is 446. The lowest BCUT2D eigenvalue weighted by Gasteiger charge is -2.39. The highest BCUT2D eigenvalue weighted by molar-refractivity contribution is 6.31. The summed E-state index contributed by atoms with van der Waals surface area (Å²) in [5, 5.41) is 0.775. The van der Waals surface area contributed by atoms with Gasteiger partial charge in [0.15, 0.2) is 0 Å². The predicted molar refractivity (Wildman–Crippen MR) is 139 cm³/mol. The summed E-state index contributed by atoms with van der Waals surface area (Å²) in [4.78, 5) is 22.8. The van der Waals surface area contributed by atoms with Crippen LogP contribution in [0.4, 0.5) is 0 Å². The lowest BCUT2D eigenvalue weighted by molar-refractivity contribution is -0.138. The molecule has 1 saturated heterocycles. The fourth-order valence-electron chi connectivity index (χ4n) is 2.45. The summed E-state index contributed by atoms with van der Waals surface area (Å²) in [6.07, 6.45) is 11.9. The molecule has 4 nitrogen and oxygen atoms in total. The molecule has 0 N–H and O–H groups in total. The largest absolute Gasteiger partial charge is 0.462 e. The van der Waals surface area contributed by atoms with E-state index in [-0.39, 0.29) is 11.0 Å². The molecule has 0 aromatic rings. The second-order valence-corrected chi connectivity index (χ2v) is 8.44. The Morgan fingerprint density at radius 3 is 1.77 bits per heavy atom. The first kappa shape index (κ1) is 37.2. The fourth-order valence-corrected chi connectivity index (χ4v) is 2.65. The van der Waals surface area contributed by atoms with Gasteiger partial charge in [-0.05, 0) is 78.6 Å². The summed E-state index contributed by atoms with van der Waals surface area (Å²) in [5.41, 5.74) is -0.183. The van der Waals surface area contributed by atoms with Crippen LogP contribution >= 0.6 is 11.6 Å². The van der Waals surface area contributed by atoms with Crippen LogP contribution in [-0.4, -0.2) is 43.4 Å². The van der Waals surface area contributed by atoms with Crippen LogP contribution < -0.4 is 0 Å². The van der Waals surface area contributed by atoms with E-state index in [0.29, 0.717) is 12.9 Å². The first-order valence-corrected chi connectivity index (χ1v) is 12.2. The number of hydrogen-bond donors (Lipinski definition) is 0. The molecule has 0 radical (unpaired) electrons. The number of halogens is 1. The summed E-state index contributed by atoms with van der Waals surface area (Å²) in [5.74, 6) is 0. The third-order valence-electron chi connectivity index (χ3n) is 4.02. The molecule has 1 rings (SSSR count). The van der Waals surface area contributed by atoms with E-state index in [4.69, 9.17) is 11.6 Å². The van der Waals surface area contributed by atoms with E-state index >= 15 is 0 Å². The van der Waals surface area contributed by atoms with E-state index in [1.54, 1.807) is 0 Å². The van der Waals surface area contributed by atoms with Crippen LogP contribution in [0.1, 0.15) is 101 Å². The van der Waals surface area contributed by atoms with Crippen LogP contribution in [0.3, 0.4) is 0 Å². The van der Waals surface area contributed by atoms with Gasteiger partial charge in [-0.3, -0.25) is 4.79 Å². The van der Waals surface area contributed by atoms with Gasteiger partial charge in [0.2, 0.25) is 0 Å². The number of nitrogens with zero attached hydrogens (tertiary/aromatic N) is 1. The van der Waals surface area contributed by atoms with Crippen LogP contribution in [0.2, 0.25) is 0 Å². The summed E-state index contributed by atoms with van der Waals surface area (Å²) in [6, 6.07) is 0. The zero-order chi connectivity index (χ0) is 25.3. The lowest BCUT2D eigenvalue weighted by Crippen LogP contribution is -2.38. The monoisotopic (exact) mass is 461 g/mol. The number of carbonyl (C=O) groups excluding carboxylic acids is 2. The number of aldehydes is 1. The molecule has 0 aromatic carbocycles. The van der Waals surface area contributed by atoms with Crippen LogP contribution in [0.15, 0.2) is 23.3 Å². The van der Waals surface area contributed by atoms with Gasteiger partial charge >= 0.3 is 0 Å². The molecule has 186 valence electrons. The maximum atomic E-state index is 10.8. The number of carbonyl (C=O) groups is 2. The van der Waals surface area contributed by atoms with Gasteiger partial charge in [0.05, 0.1) is 0 Å². The molecule has 0 spiro atoms. The highest BCUT2D eigenvalue weighted by Crippen LogP contribution is 2.38. The van der Waals surface area contributed by atoms with Gasteiger partial charge in [0, 0.05) is 11.5 Å². The van der Waals surface area contributed by atoms with E-state index in [9.17, 15) is 9.59 Å². The number of ether oxygens (including phenoxy) is 1. The van der Waals surface area contributed by atoms with E-state index in [0.717, 1.165) is 43.7 Å². The molecule has 1 fully saturated rings. The minimum atomic E-state index is -0.318. The maximum absolute atomic E-state index is 10.8. The molecule has 0 aromatic heterocycles. The molecule has 1 heterocycles. The van der Waals surface area contributed by atoms with Crippen molar-refractivity contribution in [3.8, 4) is 0 Å². The minimum absolute atomic E-state index is 0.135. The first-order chi connectivity index (χ1) is 14.6. The van der Waals surface area contributed by atoms with Crippen molar-refractivity contribution >= 4 is 24.4 Å². The molecule has 0 saturated carbocycles. The second kappa shape index (κ2) is 25.1. The third kappa shape index (κ3) is 26.8. The van der Waals surface area contributed by atoms with Crippen molar-refractivity contribution in [2.75, 3.05) is 20.1 Å². The quantitative estimate of drug-likeness (QED) is 0.299. The first-order valence-electron chi connectivity index (χ1n) is 11.8. The van der Waals surface area contributed by atoms with Gasteiger partial charge in [0.1, 0.15) is 11.9 Å². The van der Waals surface area contributed by atoms with Crippen molar-refractivity contribution in [2.45, 2.75) is 107 Å². The molecule has 0 atom stereocenters. The van der Waals surface area contributed by atoms with Crippen molar-refractivity contribution in [1.29, 1.82) is 0 Å². The zero-order valence-electron chi connectivity index (χ0n) is 22.4. The molecule has 0 aliphatic carbocycles. The van der Waals surface area contributed by atoms with Gasteiger partial charge < -0.3 is 14.4 Å². The Morgan fingerprint density at radius 2 is 1.48 bits per heavy atom. The Kier molecular flexibility index (Phi) is 30.2. The molecule has 31 heavy (non-hydrogen) atoms. The van der Waals surface area contributed by atoms with Crippen LogP contribution in [0.25, 0.3) is 0 Å². The van der Waals surface area contributed by atoms with E-state index in [1.807, 2.05) is 67.5 Å². The van der Waals surface area contributed by atoms with Gasteiger partial charge in [0.25, 0.3) is 6.47 Å². The van der Waals surface area contributed by atoms with Gasteiger partial charge in [-0.15, -0.1) is 0 Å². The fraction of sp³-hybridized carbons (Fsp3) is 0.769. The average Bonchev–Trinajstić information content (AvgIpc) is 2.72. The number of allylic oxidation sites excluding steroid dienone is 4. The van der Waals surface area contributed by atoms with Crippen LogP contribution in [0, 0.1) is 5.41 Å². The van der Waals surface area contributed by atoms with Crippen molar-refractivity contribution in [3.63, 3.8) is 0 Å². The summed E-state index contributed by atoms with van der Waals surface area (Å²) < 4.78 is 4.55. The Labute approximate surface area is 199 Å². The Balaban J connectivity index is -0.000000217. The highest BCUT2D eigenvalue weighted by Gasteiger charge is 2.32. The SMILES string of the molecule is C/C=C\C(Cl)=C/CC1(CC=O)CCN(C)CC1.CC.CC.CC(C)(C)OC=O.CCC. The van der Waals surface area contributed by atoms with Crippen molar-refractivity contribution < 1.29 is 14.3 Å². The van der Waals surface area contributed by atoms with Crippen molar-refractivity contribution in [2.24, 2.45) is 5.41 Å². The van der Waals surface area contributed by atoms with Crippen LogP contribution in [-0.2, 0) is 14.3 Å². The number of rotatable bonds is 6. The standard InChI is InChI=1S/C14H22ClNO.C5H10O2.C3H8.2C2H6/c1-3-4-13(15)5-6-14(9-12-17)7-10-16(2)11-8-14;1-5(2,3)7-4-6;1-3-2;2*1-2/h3-5,12H,6-11H2,1-2H3;4H,1-3H3;3H2,1-2H3;2*1-2H3/b4-3-,13-5+;;;;. The Hall–Kier alpha value is -1.13. The molecule has 0 amide bonds. The second-order valence-electron chi connectivity index (χ2n) is 8.00. The van der Waals surface area contributed by atoms with E-state index < -0.39 is 0 Å². The summed E-state index contributed by atoms with van der Waals surface area (Å²) >= 11 is 6.07. The number of hydrogen-bond acceptors (Lipinski definition) is 4. The topological polar surface area (TPSA) is 46.6 Å². The molecule has 0 bridgehead atoms. The number of likely N-dealkylation sites (tertiary alicyclic amines) is 1. The Morgan fingerprint density at radius 1 is 1.03 bits per heavy atom.